The zero-order valence-corrected chi connectivity index (χ0v) is 14.1. The molecule has 1 aromatic carbocycles. The van der Waals surface area contributed by atoms with Crippen molar-refractivity contribution in [3.05, 3.63) is 53.9 Å². The Labute approximate surface area is 149 Å². The van der Waals surface area contributed by atoms with E-state index in [2.05, 4.69) is 25.8 Å². The number of urea groups is 1. The molecular formula is C17H19N7O2. The van der Waals surface area contributed by atoms with Crippen LogP contribution in [0.3, 0.4) is 0 Å². The van der Waals surface area contributed by atoms with Crippen LogP contribution in [0.4, 0.5) is 10.6 Å². The van der Waals surface area contributed by atoms with E-state index in [9.17, 15) is 9.59 Å². The van der Waals surface area contributed by atoms with E-state index in [-0.39, 0.29) is 12.1 Å². The molecule has 0 fully saturated rings. The van der Waals surface area contributed by atoms with Gasteiger partial charge >= 0.3 is 6.03 Å². The summed E-state index contributed by atoms with van der Waals surface area (Å²) in [6, 6.07) is 9.63. The van der Waals surface area contributed by atoms with E-state index in [0.29, 0.717) is 22.4 Å². The van der Waals surface area contributed by atoms with E-state index in [0.717, 1.165) is 5.56 Å². The van der Waals surface area contributed by atoms with Crippen molar-refractivity contribution in [3.8, 4) is 0 Å². The van der Waals surface area contributed by atoms with Crippen LogP contribution >= 0.6 is 0 Å². The van der Waals surface area contributed by atoms with Crippen molar-refractivity contribution in [3.63, 3.8) is 0 Å². The third-order valence-corrected chi connectivity index (χ3v) is 3.97. The number of anilines is 1. The van der Waals surface area contributed by atoms with Crippen LogP contribution in [0.5, 0.6) is 0 Å². The van der Waals surface area contributed by atoms with Crippen molar-refractivity contribution in [2.45, 2.75) is 19.0 Å². The van der Waals surface area contributed by atoms with Crippen LogP contribution < -0.4 is 22.1 Å². The Hall–Kier alpha value is -3.46. The molecule has 0 bridgehead atoms. The Morgan fingerprint density at radius 1 is 1.23 bits per heavy atom. The molecule has 0 saturated heterocycles. The van der Waals surface area contributed by atoms with E-state index >= 15 is 0 Å². The molecule has 0 spiro atoms. The van der Waals surface area contributed by atoms with Crippen LogP contribution in [-0.4, -0.2) is 27.1 Å². The normalized spacial score (nSPS) is 13.2. The summed E-state index contributed by atoms with van der Waals surface area (Å²) >= 11 is 0. The second-order valence-electron chi connectivity index (χ2n) is 5.83. The van der Waals surface area contributed by atoms with Crippen molar-refractivity contribution in [2.24, 2.45) is 11.5 Å². The van der Waals surface area contributed by atoms with E-state index in [4.69, 9.17) is 11.5 Å². The van der Waals surface area contributed by atoms with Crippen molar-refractivity contribution < 1.29 is 9.59 Å². The van der Waals surface area contributed by atoms with E-state index in [1.54, 1.807) is 6.07 Å². The zero-order chi connectivity index (χ0) is 18.7. The first-order chi connectivity index (χ1) is 12.5. The third-order valence-electron chi connectivity index (χ3n) is 3.97. The minimum absolute atomic E-state index is 0.160. The Morgan fingerprint density at radius 3 is 2.65 bits per heavy atom. The van der Waals surface area contributed by atoms with Crippen LogP contribution in [0.15, 0.2) is 42.6 Å². The molecule has 1 unspecified atom stereocenters. The number of benzene rings is 1. The lowest BCUT2D eigenvalue weighted by Crippen LogP contribution is -2.31. The number of nitrogens with two attached hydrogens (primary N) is 2. The number of hydrogen-bond donors (Lipinski definition) is 5. The lowest BCUT2D eigenvalue weighted by molar-refractivity contribution is -0.119. The molecular weight excluding hydrogens is 334 g/mol. The second kappa shape index (κ2) is 7.19. The molecule has 0 aliphatic heterocycles. The number of aromatic nitrogens is 3. The van der Waals surface area contributed by atoms with Gasteiger partial charge in [-0.15, -0.1) is 0 Å². The summed E-state index contributed by atoms with van der Waals surface area (Å²) in [5, 5.41) is 12.8. The average Bonchev–Trinajstić information content (AvgIpc) is 3.04. The Balaban J connectivity index is 1.71. The fourth-order valence-electron chi connectivity index (χ4n) is 2.55. The van der Waals surface area contributed by atoms with Gasteiger partial charge in [0.1, 0.15) is 11.9 Å². The van der Waals surface area contributed by atoms with Gasteiger partial charge in [0.05, 0.1) is 17.3 Å². The molecule has 9 heteroatoms. The quantitative estimate of drug-likeness (QED) is 0.468. The fourth-order valence-corrected chi connectivity index (χ4v) is 2.55. The highest BCUT2D eigenvalue weighted by Gasteiger charge is 2.19. The summed E-state index contributed by atoms with van der Waals surface area (Å²) < 4.78 is 0. The molecule has 0 aliphatic carbocycles. The third kappa shape index (κ3) is 3.62. The highest BCUT2D eigenvalue weighted by molar-refractivity contribution is 5.93. The van der Waals surface area contributed by atoms with Gasteiger partial charge in [0, 0.05) is 17.6 Å². The van der Waals surface area contributed by atoms with Crippen LogP contribution in [0.1, 0.15) is 30.3 Å². The molecule has 2 heterocycles. The van der Waals surface area contributed by atoms with Crippen LogP contribution in [-0.2, 0) is 4.79 Å². The number of H-pyrrole nitrogens is 1. The smallest absolute Gasteiger partial charge is 0.320 e. The lowest BCUT2D eigenvalue weighted by Gasteiger charge is -2.14. The number of fused-ring (bicyclic) bond motifs is 1. The van der Waals surface area contributed by atoms with Crippen molar-refractivity contribution in [2.75, 3.05) is 5.32 Å². The minimum Gasteiger partial charge on any atom is -0.368 e. The standard InChI is InChI=1S/C17H19N7O2/c1-9(10-5-3-2-4-6-10)21-17(26)22-13-7-12-11(8-20-13)15(24-23-12)14(18)16(19)25/h2-9,14H,18H2,1H3,(H2,19,25)(H,23,24)(H2,20,21,22,26)/t9-,14?/m1/s1. The summed E-state index contributed by atoms with van der Waals surface area (Å²) in [6.07, 6.45) is 1.48. The molecule has 3 amide bonds. The molecule has 2 aromatic heterocycles. The maximum atomic E-state index is 12.2. The van der Waals surface area contributed by atoms with Crippen LogP contribution in [0.2, 0.25) is 0 Å². The zero-order valence-electron chi connectivity index (χ0n) is 14.1. The summed E-state index contributed by atoms with van der Waals surface area (Å²) in [5.74, 6) is -0.354. The number of nitrogens with zero attached hydrogens (tertiary/aromatic N) is 2. The first-order valence-electron chi connectivity index (χ1n) is 7.97. The number of rotatable bonds is 5. The molecule has 3 aromatic rings. The average molecular weight is 353 g/mol. The van der Waals surface area contributed by atoms with E-state index in [1.807, 2.05) is 37.3 Å². The number of aromatic amines is 1. The van der Waals surface area contributed by atoms with Gasteiger partial charge in [0.2, 0.25) is 5.91 Å². The van der Waals surface area contributed by atoms with Gasteiger partial charge in [-0.2, -0.15) is 5.10 Å². The maximum Gasteiger partial charge on any atom is 0.320 e. The van der Waals surface area contributed by atoms with E-state index < -0.39 is 11.9 Å². The molecule has 134 valence electrons. The van der Waals surface area contributed by atoms with Crippen molar-refractivity contribution in [1.82, 2.24) is 20.5 Å². The fraction of sp³-hybridized carbons (Fsp3) is 0.176. The Morgan fingerprint density at radius 2 is 1.96 bits per heavy atom. The van der Waals surface area contributed by atoms with E-state index in [1.165, 1.54) is 6.20 Å². The second-order valence-corrected chi connectivity index (χ2v) is 5.83. The molecule has 3 rings (SSSR count). The molecule has 0 aliphatic rings. The number of pyridine rings is 1. The Kier molecular flexibility index (Phi) is 4.81. The van der Waals surface area contributed by atoms with Gasteiger partial charge in [-0.25, -0.2) is 9.78 Å². The predicted molar refractivity (Wildman–Crippen MR) is 97.0 cm³/mol. The summed E-state index contributed by atoms with van der Waals surface area (Å²) in [7, 11) is 0. The van der Waals surface area contributed by atoms with Gasteiger partial charge in [0.25, 0.3) is 0 Å². The summed E-state index contributed by atoms with van der Waals surface area (Å²) in [5.41, 5.74) is 12.8. The van der Waals surface area contributed by atoms with Crippen molar-refractivity contribution in [1.29, 1.82) is 0 Å². The van der Waals surface area contributed by atoms with Crippen molar-refractivity contribution >= 4 is 28.7 Å². The number of carbonyl (C=O) groups is 2. The van der Waals surface area contributed by atoms with Gasteiger partial charge < -0.3 is 16.8 Å². The molecule has 7 N–H and O–H groups in total. The minimum atomic E-state index is -1.03. The maximum absolute atomic E-state index is 12.2. The highest BCUT2D eigenvalue weighted by Crippen LogP contribution is 2.21. The lowest BCUT2D eigenvalue weighted by atomic mass is 10.1. The first-order valence-corrected chi connectivity index (χ1v) is 7.97. The van der Waals surface area contributed by atoms with Gasteiger partial charge in [-0.3, -0.25) is 15.2 Å². The number of nitrogens with one attached hydrogen (secondary N) is 3. The molecule has 9 nitrogen and oxygen atoms in total. The number of hydrogen-bond acceptors (Lipinski definition) is 5. The largest absolute Gasteiger partial charge is 0.368 e. The molecule has 26 heavy (non-hydrogen) atoms. The predicted octanol–water partition coefficient (Wildman–Crippen LogP) is 1.33. The monoisotopic (exact) mass is 353 g/mol. The molecule has 0 saturated carbocycles. The van der Waals surface area contributed by atoms with Crippen LogP contribution in [0.25, 0.3) is 10.9 Å². The molecule has 0 radical (unpaired) electrons. The van der Waals surface area contributed by atoms with Crippen LogP contribution in [0, 0.1) is 0 Å². The highest BCUT2D eigenvalue weighted by atomic mass is 16.2. The SMILES string of the molecule is C[C@@H](NC(=O)Nc1cc2[nH]nc(C(N)C(N)=O)c2cn1)c1ccccc1. The Bertz CT molecular complexity index is 939. The number of primary amides is 1. The number of carbonyl (C=O) groups excluding carboxylic acids is 2. The summed E-state index contributed by atoms with van der Waals surface area (Å²) in [4.78, 5) is 27.6. The molecule has 2 atom stereocenters. The first kappa shape index (κ1) is 17.4. The summed E-state index contributed by atoms with van der Waals surface area (Å²) in [6.45, 7) is 1.89. The number of amides is 3. The van der Waals surface area contributed by atoms with Gasteiger partial charge in [-0.05, 0) is 12.5 Å². The van der Waals surface area contributed by atoms with Gasteiger partial charge in [-0.1, -0.05) is 30.3 Å². The topological polar surface area (TPSA) is 152 Å². The van der Waals surface area contributed by atoms with Gasteiger partial charge in [0.15, 0.2) is 0 Å².